The molecular weight excluding hydrogens is 114 g/mol. The average Bonchev–Trinajstić information content (AvgIpc) is 0.722. The molecule has 0 unspecified atom stereocenters. The fourth-order valence-electron chi connectivity index (χ4n) is 0. The van der Waals surface area contributed by atoms with E-state index >= 15 is 0 Å². The molecule has 0 N–H and O–H groups in total. The van der Waals surface area contributed by atoms with E-state index in [9.17, 15) is 17.6 Å². The maximum absolute atomic E-state index is 9.69. The molecule has 0 bridgehead atoms. The van der Waals surface area contributed by atoms with Crippen LogP contribution in [0, 0.1) is 0 Å². The van der Waals surface area contributed by atoms with E-state index < -0.39 is 6.43 Å². The summed E-state index contributed by atoms with van der Waals surface area (Å²) in [5.74, 6) is 0. The van der Waals surface area contributed by atoms with Gasteiger partial charge in [-0.25, -0.2) is 0 Å². The summed E-state index contributed by atoms with van der Waals surface area (Å²) in [6, 6.07) is 0. The summed E-state index contributed by atoms with van der Waals surface area (Å²) in [5, 5.41) is 0. The van der Waals surface area contributed by atoms with Crippen LogP contribution in [0.2, 0.25) is 0 Å². The van der Waals surface area contributed by atoms with Gasteiger partial charge >= 0.3 is 25.3 Å². The Balaban J connectivity index is -0.0000000800. The second kappa shape index (κ2) is 4.41. The summed E-state index contributed by atoms with van der Waals surface area (Å²) in [7, 11) is 0. The minimum Gasteiger partial charge on any atom is -1.00 e. The van der Waals surface area contributed by atoms with E-state index in [-0.39, 0.29) is 23.6 Å². The standard InChI is InChI=1S/CF4.FH.Li/c2-1(3,4)5;;/h;1H;/q;;+1/p-1. The maximum atomic E-state index is 9.69. The van der Waals surface area contributed by atoms with Gasteiger partial charge in [0.1, 0.15) is 0 Å². The molecule has 0 spiro atoms. The van der Waals surface area contributed by atoms with Crippen LogP contribution in [0.4, 0.5) is 17.6 Å². The van der Waals surface area contributed by atoms with Crippen molar-refractivity contribution >= 4 is 0 Å². The van der Waals surface area contributed by atoms with Crippen molar-refractivity contribution in [2.24, 2.45) is 0 Å². The SMILES string of the molecule is FC(F)(F)F.[F-].[Li+]. The summed E-state index contributed by atoms with van der Waals surface area (Å²) < 4.78 is 38.8. The molecule has 0 aliphatic heterocycles. The molecule has 0 heterocycles. The van der Waals surface area contributed by atoms with Crippen molar-refractivity contribution in [1.29, 1.82) is 0 Å². The zero-order valence-corrected chi connectivity index (χ0v) is 3.39. The molecule has 0 saturated heterocycles. The third-order valence-electron chi connectivity index (χ3n) is 0. The van der Waals surface area contributed by atoms with Gasteiger partial charge in [-0.2, -0.15) is 0 Å². The van der Waals surface area contributed by atoms with Crippen LogP contribution in [-0.4, -0.2) is 6.43 Å². The Hall–Kier alpha value is 0.247. The van der Waals surface area contributed by atoms with E-state index in [1.807, 2.05) is 0 Å². The summed E-state index contributed by atoms with van der Waals surface area (Å²) in [6.07, 6.45) is -5.50. The molecule has 6 heteroatoms. The van der Waals surface area contributed by atoms with Crippen LogP contribution >= 0.6 is 0 Å². The summed E-state index contributed by atoms with van der Waals surface area (Å²) in [5.41, 5.74) is 0. The number of hydrogen-bond acceptors (Lipinski definition) is 0. The van der Waals surface area contributed by atoms with Gasteiger partial charge in [0.05, 0.1) is 0 Å². The molecule has 0 aromatic rings. The van der Waals surface area contributed by atoms with Crippen molar-refractivity contribution in [1.82, 2.24) is 0 Å². The first-order chi connectivity index (χ1) is 2.00. The van der Waals surface area contributed by atoms with Gasteiger partial charge < -0.3 is 4.70 Å². The van der Waals surface area contributed by atoms with Gasteiger partial charge in [-0.3, -0.25) is 0 Å². The third kappa shape index (κ3) is 1840. The number of hydrogen-bond donors (Lipinski definition) is 0. The van der Waals surface area contributed by atoms with E-state index in [4.69, 9.17) is 0 Å². The van der Waals surface area contributed by atoms with Crippen LogP contribution in [0.15, 0.2) is 0 Å². The molecule has 7 heavy (non-hydrogen) atoms. The summed E-state index contributed by atoms with van der Waals surface area (Å²) in [6.45, 7) is 0. The Kier molecular flexibility index (Phi) is 9.87. The van der Waals surface area contributed by atoms with Crippen molar-refractivity contribution in [2.75, 3.05) is 0 Å². The normalized spacial score (nSPS) is 8.57. The van der Waals surface area contributed by atoms with Gasteiger partial charge in [0.2, 0.25) is 0 Å². The van der Waals surface area contributed by atoms with Crippen molar-refractivity contribution < 1.29 is 41.1 Å². The Labute approximate surface area is 48.4 Å². The first kappa shape index (κ1) is 15.7. The number of halogens is 5. The zero-order chi connectivity index (χ0) is 4.50. The Morgan fingerprint density at radius 2 is 0.857 bits per heavy atom. The fraction of sp³-hybridized carbons (Fsp3) is 1.00. The predicted molar refractivity (Wildman–Crippen MR) is 7.16 cm³/mol. The van der Waals surface area contributed by atoms with Gasteiger partial charge in [0, 0.05) is 0 Å². The summed E-state index contributed by atoms with van der Waals surface area (Å²) in [4.78, 5) is 0. The van der Waals surface area contributed by atoms with Crippen LogP contribution in [0.1, 0.15) is 0 Å². The van der Waals surface area contributed by atoms with E-state index in [2.05, 4.69) is 0 Å². The molecule has 0 radical (unpaired) electrons. The zero-order valence-electron chi connectivity index (χ0n) is 3.39. The van der Waals surface area contributed by atoms with Gasteiger partial charge in [0.15, 0.2) is 0 Å². The quantitative estimate of drug-likeness (QED) is 0.220. The molecule has 0 saturated carbocycles. The minimum atomic E-state index is -5.50. The van der Waals surface area contributed by atoms with Crippen LogP contribution in [0.3, 0.4) is 0 Å². The van der Waals surface area contributed by atoms with Crippen molar-refractivity contribution in [3.8, 4) is 0 Å². The molecule has 0 aromatic carbocycles. The number of alkyl halides is 4. The van der Waals surface area contributed by atoms with E-state index in [1.54, 1.807) is 0 Å². The fourth-order valence-corrected chi connectivity index (χ4v) is 0. The molecule has 0 nitrogen and oxygen atoms in total. The molecule has 0 aliphatic rings. The van der Waals surface area contributed by atoms with E-state index in [0.29, 0.717) is 0 Å². The second-order valence-electron chi connectivity index (χ2n) is 0.429. The molecular formula is CF5Li. The molecule has 0 aliphatic carbocycles. The van der Waals surface area contributed by atoms with Crippen molar-refractivity contribution in [2.45, 2.75) is 6.43 Å². The molecule has 0 fully saturated rings. The van der Waals surface area contributed by atoms with Crippen LogP contribution in [0.25, 0.3) is 0 Å². The Morgan fingerprint density at radius 1 is 0.857 bits per heavy atom. The topological polar surface area (TPSA) is 0 Å². The smallest absolute Gasteiger partial charge is 1.00 e. The van der Waals surface area contributed by atoms with E-state index in [1.165, 1.54) is 0 Å². The van der Waals surface area contributed by atoms with Gasteiger partial charge in [-0.1, -0.05) is 0 Å². The van der Waals surface area contributed by atoms with Crippen molar-refractivity contribution in [3.05, 3.63) is 0 Å². The molecule has 40 valence electrons. The Bertz CT molecular complexity index is 23.6. The van der Waals surface area contributed by atoms with Crippen molar-refractivity contribution in [3.63, 3.8) is 0 Å². The largest absolute Gasteiger partial charge is 1.00 e. The van der Waals surface area contributed by atoms with Crippen LogP contribution < -0.4 is 23.6 Å². The maximum Gasteiger partial charge on any atom is 1.00 e. The van der Waals surface area contributed by atoms with Crippen LogP contribution in [-0.2, 0) is 0 Å². The van der Waals surface area contributed by atoms with Gasteiger partial charge in [0.25, 0.3) is 0 Å². The minimum absolute atomic E-state index is 0. The van der Waals surface area contributed by atoms with E-state index in [0.717, 1.165) is 0 Å². The average molecular weight is 114 g/mol. The number of rotatable bonds is 0. The predicted octanol–water partition coefficient (Wildman–Crippen LogP) is -4.52. The first-order valence-electron chi connectivity index (χ1n) is 0.756. The molecule has 0 aromatic heterocycles. The summed E-state index contributed by atoms with van der Waals surface area (Å²) >= 11 is 0. The Morgan fingerprint density at radius 3 is 0.857 bits per heavy atom. The first-order valence-corrected chi connectivity index (χ1v) is 0.756. The molecule has 0 amide bonds. The third-order valence-corrected chi connectivity index (χ3v) is 0. The van der Waals surface area contributed by atoms with Gasteiger partial charge in [-0.05, 0) is 0 Å². The molecule has 0 atom stereocenters. The molecule has 0 rings (SSSR count). The second-order valence-corrected chi connectivity index (χ2v) is 0.429. The van der Waals surface area contributed by atoms with Crippen LogP contribution in [0.5, 0.6) is 0 Å². The van der Waals surface area contributed by atoms with Gasteiger partial charge in [-0.15, -0.1) is 17.6 Å². The monoisotopic (exact) mass is 114 g/mol.